The smallest absolute Gasteiger partial charge is 0.229 e. The van der Waals surface area contributed by atoms with Crippen LogP contribution in [-0.4, -0.2) is 29.1 Å². The number of carbonyl (C=O) groups is 2. The van der Waals surface area contributed by atoms with Crippen molar-refractivity contribution in [3.8, 4) is 0 Å². The van der Waals surface area contributed by atoms with Crippen molar-refractivity contribution in [2.75, 3.05) is 17.6 Å². The van der Waals surface area contributed by atoms with Crippen LogP contribution in [-0.2, 0) is 9.59 Å². The van der Waals surface area contributed by atoms with Crippen molar-refractivity contribution in [2.24, 2.45) is 0 Å². The Balaban J connectivity index is 1.73. The molecule has 2 aromatic rings. The van der Waals surface area contributed by atoms with Gasteiger partial charge in [-0.3, -0.25) is 14.6 Å². The predicted octanol–water partition coefficient (Wildman–Crippen LogP) is 2.78. The van der Waals surface area contributed by atoms with Crippen LogP contribution in [0.3, 0.4) is 0 Å². The van der Waals surface area contributed by atoms with Gasteiger partial charge < -0.3 is 10.6 Å². The van der Waals surface area contributed by atoms with Gasteiger partial charge in [-0.15, -0.1) is 0 Å². The Morgan fingerprint density at radius 1 is 1.04 bits per heavy atom. The molecule has 0 fully saturated rings. The van der Waals surface area contributed by atoms with E-state index in [1.54, 1.807) is 6.20 Å². The number of nitrogens with zero attached hydrogens (tertiary/aromatic N) is 1. The van der Waals surface area contributed by atoms with Gasteiger partial charge in [-0.2, -0.15) is 12.6 Å². The van der Waals surface area contributed by atoms with Crippen LogP contribution in [0.15, 0.2) is 36.5 Å². The molecule has 2 amide bonds. The number of unbranched alkanes of at least 4 members (excludes halogenated alkanes) is 2. The normalized spacial score (nSPS) is 10.5. The molecule has 1 heterocycles. The van der Waals surface area contributed by atoms with E-state index in [0.29, 0.717) is 13.0 Å². The molecule has 2 rings (SSSR count). The van der Waals surface area contributed by atoms with Gasteiger partial charge >= 0.3 is 0 Å². The van der Waals surface area contributed by atoms with E-state index in [1.165, 1.54) is 0 Å². The third kappa shape index (κ3) is 5.56. The van der Waals surface area contributed by atoms with Gasteiger partial charge in [-0.1, -0.05) is 24.6 Å². The monoisotopic (exact) mass is 331 g/mol. The average molecular weight is 331 g/mol. The minimum absolute atomic E-state index is 0.0115. The Morgan fingerprint density at radius 3 is 2.70 bits per heavy atom. The lowest BCUT2D eigenvalue weighted by atomic mass is 10.1. The first-order chi connectivity index (χ1) is 11.2. The highest BCUT2D eigenvalue weighted by atomic mass is 32.1. The molecule has 0 aliphatic carbocycles. The number of thiol groups is 1. The van der Waals surface area contributed by atoms with Crippen LogP contribution in [0, 0.1) is 0 Å². The molecule has 5 nitrogen and oxygen atoms in total. The molecule has 0 saturated carbocycles. The van der Waals surface area contributed by atoms with Gasteiger partial charge in [0, 0.05) is 24.5 Å². The number of nitrogens with one attached hydrogen (secondary N) is 2. The van der Waals surface area contributed by atoms with Crippen LogP contribution in [0.2, 0.25) is 0 Å². The summed E-state index contributed by atoms with van der Waals surface area (Å²) in [7, 11) is 0. The lowest BCUT2D eigenvalue weighted by Crippen LogP contribution is -2.25. The van der Waals surface area contributed by atoms with Gasteiger partial charge in [0.25, 0.3) is 0 Å². The number of fused-ring (bicyclic) bond motifs is 1. The molecule has 0 radical (unpaired) electrons. The summed E-state index contributed by atoms with van der Waals surface area (Å²) in [5, 5.41) is 6.68. The fourth-order valence-electron chi connectivity index (χ4n) is 2.29. The van der Waals surface area contributed by atoms with E-state index in [2.05, 4.69) is 28.2 Å². The first-order valence-corrected chi connectivity index (χ1v) is 8.35. The van der Waals surface area contributed by atoms with Crippen molar-refractivity contribution in [3.63, 3.8) is 0 Å². The van der Waals surface area contributed by atoms with E-state index in [1.807, 2.05) is 30.3 Å². The summed E-state index contributed by atoms with van der Waals surface area (Å²) in [4.78, 5) is 27.3. The lowest BCUT2D eigenvalue weighted by molar-refractivity contribution is -0.118. The van der Waals surface area contributed by atoms with Crippen molar-refractivity contribution < 1.29 is 9.59 Å². The molecule has 0 unspecified atom stereocenters. The number of amides is 2. The van der Waals surface area contributed by atoms with Gasteiger partial charge in [0.15, 0.2) is 0 Å². The van der Waals surface area contributed by atoms with E-state index in [-0.39, 0.29) is 17.6 Å². The highest BCUT2D eigenvalue weighted by Crippen LogP contribution is 2.20. The Kier molecular flexibility index (Phi) is 6.87. The van der Waals surface area contributed by atoms with E-state index < -0.39 is 0 Å². The third-order valence-electron chi connectivity index (χ3n) is 3.45. The van der Waals surface area contributed by atoms with Crippen LogP contribution >= 0.6 is 12.6 Å². The number of hydrogen-bond acceptors (Lipinski definition) is 4. The summed E-state index contributed by atoms with van der Waals surface area (Å²) in [5.41, 5.74) is 1.55. The molecular weight excluding hydrogens is 310 g/mol. The second-order valence-electron chi connectivity index (χ2n) is 5.25. The summed E-state index contributed by atoms with van der Waals surface area (Å²) in [5.74, 6) is 0.138. The van der Waals surface area contributed by atoms with Gasteiger partial charge in [0.05, 0.1) is 17.0 Å². The van der Waals surface area contributed by atoms with E-state index in [9.17, 15) is 9.59 Å². The molecule has 0 saturated heterocycles. The molecule has 0 atom stereocenters. The summed E-state index contributed by atoms with van der Waals surface area (Å²) >= 11 is 3.89. The Labute approximate surface area is 141 Å². The average Bonchev–Trinajstić information content (AvgIpc) is 2.58. The summed E-state index contributed by atoms with van der Waals surface area (Å²) in [6.07, 6.45) is 4.73. The number of para-hydroxylation sites is 1. The zero-order valence-corrected chi connectivity index (χ0v) is 13.8. The Bertz CT molecular complexity index is 670. The molecule has 2 N–H and O–H groups in total. The van der Waals surface area contributed by atoms with Crippen LogP contribution in [0.5, 0.6) is 0 Å². The molecule has 0 bridgehead atoms. The largest absolute Gasteiger partial charge is 0.355 e. The molecule has 1 aromatic heterocycles. The van der Waals surface area contributed by atoms with E-state index in [0.717, 1.165) is 35.9 Å². The standard InChI is InChI=1S/C17H21N3O2S/c21-15(9-2-1-3-10-18-16(22)12-23)20-14-8-4-6-13-7-5-11-19-17(13)14/h4-8,11,23H,1-3,9-10,12H2,(H,18,22)(H,20,21). The molecule has 0 aliphatic rings. The van der Waals surface area contributed by atoms with Crippen LogP contribution in [0.4, 0.5) is 5.69 Å². The topological polar surface area (TPSA) is 71.1 Å². The molecule has 0 spiro atoms. The quantitative estimate of drug-likeness (QED) is 0.514. The summed E-state index contributed by atoms with van der Waals surface area (Å²) < 4.78 is 0. The van der Waals surface area contributed by atoms with Crippen molar-refractivity contribution >= 4 is 41.0 Å². The second-order valence-corrected chi connectivity index (χ2v) is 5.56. The first-order valence-electron chi connectivity index (χ1n) is 7.72. The van der Waals surface area contributed by atoms with Crippen molar-refractivity contribution in [1.82, 2.24) is 10.3 Å². The number of benzene rings is 1. The maximum Gasteiger partial charge on any atom is 0.229 e. The van der Waals surface area contributed by atoms with E-state index >= 15 is 0 Å². The Hall–Kier alpha value is -2.08. The van der Waals surface area contributed by atoms with Crippen LogP contribution in [0.1, 0.15) is 25.7 Å². The van der Waals surface area contributed by atoms with Gasteiger partial charge in [-0.25, -0.2) is 0 Å². The molecule has 0 aliphatic heterocycles. The van der Waals surface area contributed by atoms with Crippen LogP contribution < -0.4 is 10.6 Å². The predicted molar refractivity (Wildman–Crippen MR) is 95.7 cm³/mol. The SMILES string of the molecule is O=C(CS)NCCCCCC(=O)Nc1cccc2cccnc12. The highest BCUT2D eigenvalue weighted by molar-refractivity contribution is 7.81. The number of hydrogen-bond donors (Lipinski definition) is 3. The van der Waals surface area contributed by atoms with Crippen molar-refractivity contribution in [3.05, 3.63) is 36.5 Å². The Morgan fingerprint density at radius 2 is 1.87 bits per heavy atom. The number of anilines is 1. The molecule has 6 heteroatoms. The summed E-state index contributed by atoms with van der Waals surface area (Å²) in [6.45, 7) is 0.633. The van der Waals surface area contributed by atoms with Crippen LogP contribution in [0.25, 0.3) is 10.9 Å². The molecular formula is C17H21N3O2S. The maximum atomic E-state index is 12.0. The number of pyridine rings is 1. The summed E-state index contributed by atoms with van der Waals surface area (Å²) in [6, 6.07) is 9.58. The van der Waals surface area contributed by atoms with Gasteiger partial charge in [0.2, 0.25) is 11.8 Å². The third-order valence-corrected chi connectivity index (χ3v) is 3.74. The second kappa shape index (κ2) is 9.15. The lowest BCUT2D eigenvalue weighted by Gasteiger charge is -2.08. The fourth-order valence-corrected chi connectivity index (χ4v) is 2.40. The van der Waals surface area contributed by atoms with E-state index in [4.69, 9.17) is 0 Å². The zero-order chi connectivity index (χ0) is 16.5. The van der Waals surface area contributed by atoms with Gasteiger partial charge in [0.1, 0.15) is 0 Å². The first kappa shape index (κ1) is 17.3. The highest BCUT2D eigenvalue weighted by Gasteiger charge is 2.06. The molecule has 23 heavy (non-hydrogen) atoms. The van der Waals surface area contributed by atoms with Crippen molar-refractivity contribution in [1.29, 1.82) is 0 Å². The van der Waals surface area contributed by atoms with Gasteiger partial charge in [-0.05, 0) is 25.0 Å². The number of rotatable bonds is 8. The minimum Gasteiger partial charge on any atom is -0.355 e. The van der Waals surface area contributed by atoms with Crippen molar-refractivity contribution in [2.45, 2.75) is 25.7 Å². The fraction of sp³-hybridized carbons (Fsp3) is 0.353. The number of carbonyl (C=O) groups excluding carboxylic acids is 2. The minimum atomic E-state index is -0.0606. The zero-order valence-electron chi connectivity index (χ0n) is 12.9. The maximum absolute atomic E-state index is 12.0. The number of aromatic nitrogens is 1. The molecule has 122 valence electrons. The molecule has 1 aromatic carbocycles.